The van der Waals surface area contributed by atoms with Crippen LogP contribution in [0.25, 0.3) is 0 Å². The van der Waals surface area contributed by atoms with Gasteiger partial charge in [-0.2, -0.15) is 0 Å². The van der Waals surface area contributed by atoms with Gasteiger partial charge in [0.1, 0.15) is 12.4 Å². The van der Waals surface area contributed by atoms with Crippen LogP contribution in [0.5, 0.6) is 0 Å². The van der Waals surface area contributed by atoms with Gasteiger partial charge in [0.15, 0.2) is 11.8 Å². The summed E-state index contributed by atoms with van der Waals surface area (Å²) in [5, 5.41) is 15.6. The topological polar surface area (TPSA) is 99.9 Å². The molecule has 2 fully saturated rings. The normalized spacial score (nSPS) is 20.1. The quantitative estimate of drug-likeness (QED) is 0.260. The lowest BCUT2D eigenvalue weighted by Gasteiger charge is -2.33. The standard InChI is InChI=1S/C22H40N8O2.HI/c1-5-29-11-6-7-19(29)15-23-22(24-16-20-27-26-17(2)28(20)3)25-18-8-12-30(13-9-18)21(31)10-14-32-4;/h18-19H,5-16H2,1-4H3,(H2,23,24,25);1H. The predicted octanol–water partition coefficient (Wildman–Crippen LogP) is 1.29. The number of guanidine groups is 1. The monoisotopic (exact) mass is 576 g/mol. The highest BCUT2D eigenvalue weighted by Crippen LogP contribution is 2.16. The summed E-state index contributed by atoms with van der Waals surface area (Å²) < 4.78 is 7.01. The molecule has 3 heterocycles. The van der Waals surface area contributed by atoms with E-state index in [4.69, 9.17) is 9.73 Å². The lowest BCUT2D eigenvalue weighted by atomic mass is 10.0. The summed E-state index contributed by atoms with van der Waals surface area (Å²) in [7, 11) is 3.60. The number of halogens is 1. The molecule has 1 amide bonds. The molecule has 2 N–H and O–H groups in total. The highest BCUT2D eigenvalue weighted by atomic mass is 127. The molecule has 0 aromatic carbocycles. The molecule has 11 heteroatoms. The zero-order valence-electron chi connectivity index (χ0n) is 20.5. The van der Waals surface area contributed by atoms with Gasteiger partial charge in [0.2, 0.25) is 5.91 Å². The van der Waals surface area contributed by atoms with Gasteiger partial charge >= 0.3 is 0 Å². The fourth-order valence-corrected chi connectivity index (χ4v) is 4.46. The first-order valence-corrected chi connectivity index (χ1v) is 11.9. The number of nitrogens with zero attached hydrogens (tertiary/aromatic N) is 6. The summed E-state index contributed by atoms with van der Waals surface area (Å²) >= 11 is 0. The third-order valence-electron chi connectivity index (χ3n) is 6.68. The number of hydrogen-bond acceptors (Lipinski definition) is 6. The Morgan fingerprint density at radius 2 is 1.97 bits per heavy atom. The third-order valence-corrected chi connectivity index (χ3v) is 6.68. The van der Waals surface area contributed by atoms with Gasteiger partial charge in [-0.3, -0.25) is 9.69 Å². The SMILES string of the molecule is CCN1CCCC1CNC(=NCc1nnc(C)n1C)NC1CCN(C(=O)CCOC)CC1.I. The second-order valence-corrected chi connectivity index (χ2v) is 8.74. The highest BCUT2D eigenvalue weighted by Gasteiger charge is 2.25. The molecule has 1 unspecified atom stereocenters. The number of likely N-dealkylation sites (N-methyl/N-ethyl adjacent to an activating group) is 1. The molecule has 1 aromatic heterocycles. The van der Waals surface area contributed by atoms with Crippen molar-refractivity contribution in [2.24, 2.45) is 12.0 Å². The molecule has 0 radical (unpaired) electrons. The lowest BCUT2D eigenvalue weighted by molar-refractivity contribution is -0.133. The first kappa shape index (κ1) is 27.8. The van der Waals surface area contributed by atoms with Crippen molar-refractivity contribution < 1.29 is 9.53 Å². The minimum absolute atomic E-state index is 0. The van der Waals surface area contributed by atoms with Crippen molar-refractivity contribution in [3.8, 4) is 0 Å². The van der Waals surface area contributed by atoms with Gasteiger partial charge in [-0.25, -0.2) is 4.99 Å². The van der Waals surface area contributed by atoms with Crippen LogP contribution in [-0.4, -0.2) is 95.0 Å². The van der Waals surface area contributed by atoms with Gasteiger partial charge in [-0.1, -0.05) is 6.92 Å². The van der Waals surface area contributed by atoms with Crippen molar-refractivity contribution in [2.45, 2.75) is 64.6 Å². The summed E-state index contributed by atoms with van der Waals surface area (Å²) in [5.74, 6) is 2.72. The average molecular weight is 577 g/mol. The van der Waals surface area contributed by atoms with Crippen LogP contribution in [0.15, 0.2) is 4.99 Å². The van der Waals surface area contributed by atoms with Crippen LogP contribution < -0.4 is 10.6 Å². The summed E-state index contributed by atoms with van der Waals surface area (Å²) in [4.78, 5) is 21.6. The number of amides is 1. The van der Waals surface area contributed by atoms with Crippen molar-refractivity contribution in [1.29, 1.82) is 0 Å². The van der Waals surface area contributed by atoms with E-state index >= 15 is 0 Å². The molecular formula is C22H41IN8O2. The number of carbonyl (C=O) groups is 1. The molecule has 0 aliphatic carbocycles. The predicted molar refractivity (Wildman–Crippen MR) is 140 cm³/mol. The smallest absolute Gasteiger partial charge is 0.224 e. The number of nitrogens with one attached hydrogen (secondary N) is 2. The van der Waals surface area contributed by atoms with Crippen molar-refractivity contribution >= 4 is 35.8 Å². The zero-order chi connectivity index (χ0) is 22.9. The maximum atomic E-state index is 12.3. The van der Waals surface area contributed by atoms with Crippen LogP contribution >= 0.6 is 24.0 Å². The van der Waals surface area contributed by atoms with E-state index < -0.39 is 0 Å². The van der Waals surface area contributed by atoms with Gasteiger partial charge in [-0.15, -0.1) is 34.2 Å². The van der Waals surface area contributed by atoms with E-state index in [-0.39, 0.29) is 29.9 Å². The number of ether oxygens (including phenoxy) is 1. The van der Waals surface area contributed by atoms with Gasteiger partial charge in [0, 0.05) is 45.9 Å². The minimum Gasteiger partial charge on any atom is -0.384 e. The van der Waals surface area contributed by atoms with Crippen molar-refractivity contribution in [3.05, 3.63) is 11.6 Å². The van der Waals surface area contributed by atoms with Crippen molar-refractivity contribution in [3.63, 3.8) is 0 Å². The fourth-order valence-electron chi connectivity index (χ4n) is 4.46. The number of aromatic nitrogens is 3. The summed E-state index contributed by atoms with van der Waals surface area (Å²) in [6.07, 6.45) is 4.75. The Kier molecular flexibility index (Phi) is 11.8. The zero-order valence-corrected chi connectivity index (χ0v) is 22.9. The Labute approximate surface area is 214 Å². The molecular weight excluding hydrogens is 535 g/mol. The molecule has 33 heavy (non-hydrogen) atoms. The van der Waals surface area contributed by atoms with E-state index in [0.29, 0.717) is 31.7 Å². The van der Waals surface area contributed by atoms with Crippen LogP contribution in [0.1, 0.15) is 50.7 Å². The van der Waals surface area contributed by atoms with Crippen LogP contribution in [0.4, 0.5) is 0 Å². The Morgan fingerprint density at radius 1 is 1.21 bits per heavy atom. The second-order valence-electron chi connectivity index (χ2n) is 8.74. The molecule has 2 saturated heterocycles. The van der Waals surface area contributed by atoms with E-state index in [1.165, 1.54) is 19.4 Å². The van der Waals surface area contributed by atoms with E-state index in [1.54, 1.807) is 7.11 Å². The summed E-state index contributed by atoms with van der Waals surface area (Å²) in [5.41, 5.74) is 0. The summed E-state index contributed by atoms with van der Waals surface area (Å²) in [6, 6.07) is 0.837. The lowest BCUT2D eigenvalue weighted by Crippen LogP contribution is -2.51. The fraction of sp³-hybridized carbons (Fsp3) is 0.818. The van der Waals surface area contributed by atoms with Crippen LogP contribution in [-0.2, 0) is 23.1 Å². The Bertz CT molecular complexity index is 764. The van der Waals surface area contributed by atoms with Gasteiger partial charge in [-0.05, 0) is 45.7 Å². The van der Waals surface area contributed by atoms with Crippen LogP contribution in [0, 0.1) is 6.92 Å². The number of rotatable bonds is 9. The number of hydrogen-bond donors (Lipinski definition) is 2. The number of piperidine rings is 1. The maximum absolute atomic E-state index is 12.3. The molecule has 0 saturated carbocycles. The largest absolute Gasteiger partial charge is 0.384 e. The maximum Gasteiger partial charge on any atom is 0.224 e. The third kappa shape index (κ3) is 8.06. The van der Waals surface area contributed by atoms with Gasteiger partial charge < -0.3 is 24.8 Å². The number of aryl methyl sites for hydroxylation is 1. The Balaban J connectivity index is 0.00000385. The van der Waals surface area contributed by atoms with E-state index in [0.717, 1.165) is 56.6 Å². The summed E-state index contributed by atoms with van der Waals surface area (Å²) in [6.45, 7) is 9.80. The molecule has 0 bridgehead atoms. The number of aliphatic imine (C=N–C) groups is 1. The Hall–Kier alpha value is -1.47. The first-order chi connectivity index (χ1) is 15.5. The molecule has 0 spiro atoms. The number of likely N-dealkylation sites (tertiary alicyclic amines) is 2. The Morgan fingerprint density at radius 3 is 2.61 bits per heavy atom. The van der Waals surface area contributed by atoms with Crippen LogP contribution in [0.2, 0.25) is 0 Å². The van der Waals surface area contributed by atoms with E-state index in [2.05, 4.69) is 32.7 Å². The van der Waals surface area contributed by atoms with Gasteiger partial charge in [0.05, 0.1) is 13.0 Å². The van der Waals surface area contributed by atoms with Crippen molar-refractivity contribution in [1.82, 2.24) is 35.2 Å². The number of methoxy groups -OCH3 is 1. The number of carbonyl (C=O) groups excluding carboxylic acids is 1. The van der Waals surface area contributed by atoms with Crippen molar-refractivity contribution in [2.75, 3.05) is 46.4 Å². The molecule has 10 nitrogen and oxygen atoms in total. The molecule has 188 valence electrons. The first-order valence-electron chi connectivity index (χ1n) is 11.9. The molecule has 2 aliphatic rings. The van der Waals surface area contributed by atoms with Gasteiger partial charge in [0.25, 0.3) is 0 Å². The minimum atomic E-state index is 0. The average Bonchev–Trinajstić information content (AvgIpc) is 3.40. The second kappa shape index (κ2) is 14.1. The highest BCUT2D eigenvalue weighted by molar-refractivity contribution is 14.0. The molecule has 1 aromatic rings. The van der Waals surface area contributed by atoms with E-state index in [1.807, 2.05) is 23.4 Å². The van der Waals surface area contributed by atoms with Crippen LogP contribution in [0.3, 0.4) is 0 Å². The molecule has 2 aliphatic heterocycles. The van der Waals surface area contributed by atoms with E-state index in [9.17, 15) is 4.79 Å². The molecule has 1 atom stereocenters. The molecule has 3 rings (SSSR count).